The summed E-state index contributed by atoms with van der Waals surface area (Å²) in [6, 6.07) is 13.8. The lowest BCUT2D eigenvalue weighted by Crippen LogP contribution is -2.04. The number of hydrogen-bond donors (Lipinski definition) is 0. The first-order valence-electron chi connectivity index (χ1n) is 8.43. The molecule has 3 aromatic rings. The molecule has 0 spiro atoms. The first kappa shape index (κ1) is 18.3. The van der Waals surface area contributed by atoms with Crippen molar-refractivity contribution in [3.05, 3.63) is 53.6 Å². The molecule has 0 atom stereocenters. The van der Waals surface area contributed by atoms with Crippen LogP contribution < -0.4 is 9.47 Å². The maximum absolute atomic E-state index is 5.75. The monoisotopic (exact) mass is 370 g/mol. The Hall–Kier alpha value is -2.54. The van der Waals surface area contributed by atoms with E-state index >= 15 is 0 Å². The van der Waals surface area contributed by atoms with Crippen molar-refractivity contribution in [2.24, 2.45) is 0 Å². The van der Waals surface area contributed by atoms with Crippen molar-refractivity contribution in [1.82, 2.24) is 20.2 Å². The molecule has 0 aliphatic carbocycles. The second kappa shape index (κ2) is 8.71. The summed E-state index contributed by atoms with van der Waals surface area (Å²) in [5, 5.41) is 12.9. The topological polar surface area (TPSA) is 62.1 Å². The van der Waals surface area contributed by atoms with Gasteiger partial charge in [0.2, 0.25) is 5.16 Å². The molecule has 0 fully saturated rings. The lowest BCUT2D eigenvalue weighted by molar-refractivity contribution is 0.318. The van der Waals surface area contributed by atoms with Crippen LogP contribution in [-0.4, -0.2) is 39.7 Å². The normalized spacial score (nSPS) is 10.7. The Morgan fingerprint density at radius 2 is 1.81 bits per heavy atom. The summed E-state index contributed by atoms with van der Waals surface area (Å²) in [6.07, 6.45) is 0.899. The molecule has 1 aromatic heterocycles. The molecule has 0 amide bonds. The highest BCUT2D eigenvalue weighted by Gasteiger charge is 2.11. The van der Waals surface area contributed by atoms with Crippen LogP contribution in [0.15, 0.2) is 47.6 Å². The quantitative estimate of drug-likeness (QED) is 0.443. The third-order valence-corrected chi connectivity index (χ3v) is 5.10. The van der Waals surface area contributed by atoms with Gasteiger partial charge in [0.25, 0.3) is 0 Å². The number of rotatable bonds is 8. The van der Waals surface area contributed by atoms with Gasteiger partial charge >= 0.3 is 0 Å². The second-order valence-corrected chi connectivity index (χ2v) is 6.88. The van der Waals surface area contributed by atoms with E-state index in [1.54, 1.807) is 23.6 Å². The highest BCUT2D eigenvalue weighted by molar-refractivity contribution is 7.99. The van der Waals surface area contributed by atoms with Crippen molar-refractivity contribution >= 4 is 11.8 Å². The van der Waals surface area contributed by atoms with E-state index < -0.39 is 0 Å². The summed E-state index contributed by atoms with van der Waals surface area (Å²) < 4.78 is 12.7. The Kier molecular flexibility index (Phi) is 6.12. The average molecular weight is 370 g/mol. The van der Waals surface area contributed by atoms with Crippen molar-refractivity contribution in [2.75, 3.05) is 19.5 Å². The average Bonchev–Trinajstić information content (AvgIpc) is 3.12. The van der Waals surface area contributed by atoms with Crippen molar-refractivity contribution in [3.63, 3.8) is 0 Å². The molecule has 0 radical (unpaired) electrons. The Labute approximate surface area is 157 Å². The third-order valence-electron chi connectivity index (χ3n) is 4.09. The molecule has 0 bridgehead atoms. The molecular weight excluding hydrogens is 348 g/mol. The van der Waals surface area contributed by atoms with Gasteiger partial charge in [-0.2, -0.15) is 4.68 Å². The van der Waals surface area contributed by atoms with E-state index in [2.05, 4.69) is 35.4 Å². The van der Waals surface area contributed by atoms with Crippen LogP contribution in [0.5, 0.6) is 11.5 Å². The number of aryl methyl sites for hydroxylation is 1. The molecule has 0 N–H and O–H groups in total. The lowest BCUT2D eigenvalue weighted by atomic mass is 10.1. The number of benzene rings is 2. The second-order valence-electron chi connectivity index (χ2n) is 5.82. The maximum Gasteiger partial charge on any atom is 0.214 e. The van der Waals surface area contributed by atoms with E-state index in [1.807, 2.05) is 36.4 Å². The fourth-order valence-corrected chi connectivity index (χ4v) is 3.27. The van der Waals surface area contributed by atoms with Crippen LogP contribution in [-0.2, 0) is 0 Å². The fraction of sp³-hybridized carbons (Fsp3) is 0.316. The number of methoxy groups -OCH3 is 1. The van der Waals surface area contributed by atoms with E-state index in [1.165, 1.54) is 11.1 Å². The Morgan fingerprint density at radius 1 is 1.04 bits per heavy atom. The van der Waals surface area contributed by atoms with Gasteiger partial charge in [0, 0.05) is 5.75 Å². The van der Waals surface area contributed by atoms with E-state index in [9.17, 15) is 0 Å². The van der Waals surface area contributed by atoms with Gasteiger partial charge in [-0.25, -0.2) is 0 Å². The summed E-state index contributed by atoms with van der Waals surface area (Å²) in [5.41, 5.74) is 3.43. The van der Waals surface area contributed by atoms with Crippen LogP contribution in [0.3, 0.4) is 0 Å². The van der Waals surface area contributed by atoms with Gasteiger partial charge in [-0.3, -0.25) is 0 Å². The zero-order valence-corrected chi connectivity index (χ0v) is 16.0. The van der Waals surface area contributed by atoms with Gasteiger partial charge in [-0.1, -0.05) is 23.9 Å². The Bertz CT molecular complexity index is 849. The predicted octanol–water partition coefficient (Wildman–Crippen LogP) is 3.85. The molecule has 0 unspecified atom stereocenters. The Balaban J connectivity index is 1.51. The molecule has 0 saturated carbocycles. The zero-order chi connectivity index (χ0) is 18.4. The van der Waals surface area contributed by atoms with Crippen molar-refractivity contribution in [2.45, 2.75) is 25.4 Å². The van der Waals surface area contributed by atoms with Crippen LogP contribution in [0, 0.1) is 13.8 Å². The minimum absolute atomic E-state index is 0.643. The molecule has 7 heteroatoms. The van der Waals surface area contributed by atoms with Crippen molar-refractivity contribution in [3.8, 4) is 17.2 Å². The SMILES string of the molecule is COc1ccc(OCCCSc2nnnn2-c2cccc(C)c2C)cc1. The van der Waals surface area contributed by atoms with Crippen LogP contribution in [0.25, 0.3) is 5.69 Å². The van der Waals surface area contributed by atoms with Gasteiger partial charge in [0.15, 0.2) is 0 Å². The number of aromatic nitrogens is 4. The van der Waals surface area contributed by atoms with Gasteiger partial charge in [-0.15, -0.1) is 5.10 Å². The summed E-state index contributed by atoms with van der Waals surface area (Å²) in [7, 11) is 1.65. The molecule has 0 aliphatic heterocycles. The van der Waals surface area contributed by atoms with Gasteiger partial charge in [0.05, 0.1) is 19.4 Å². The molecule has 26 heavy (non-hydrogen) atoms. The van der Waals surface area contributed by atoms with Crippen molar-refractivity contribution in [1.29, 1.82) is 0 Å². The highest BCUT2D eigenvalue weighted by Crippen LogP contribution is 2.23. The van der Waals surface area contributed by atoms with Crippen LogP contribution >= 0.6 is 11.8 Å². The van der Waals surface area contributed by atoms with E-state index in [0.717, 1.165) is 34.5 Å². The number of hydrogen-bond acceptors (Lipinski definition) is 6. The minimum atomic E-state index is 0.643. The maximum atomic E-state index is 5.75. The van der Waals surface area contributed by atoms with Crippen LogP contribution in [0.4, 0.5) is 0 Å². The molecule has 6 nitrogen and oxygen atoms in total. The highest BCUT2D eigenvalue weighted by atomic mass is 32.2. The third kappa shape index (κ3) is 4.35. The smallest absolute Gasteiger partial charge is 0.214 e. The number of nitrogens with zero attached hydrogens (tertiary/aromatic N) is 4. The van der Waals surface area contributed by atoms with Crippen LogP contribution in [0.2, 0.25) is 0 Å². The molecule has 1 heterocycles. The Morgan fingerprint density at radius 3 is 2.58 bits per heavy atom. The first-order valence-corrected chi connectivity index (χ1v) is 9.42. The molecule has 0 saturated heterocycles. The van der Waals surface area contributed by atoms with Crippen LogP contribution in [0.1, 0.15) is 17.5 Å². The molecule has 136 valence electrons. The molecule has 3 rings (SSSR count). The van der Waals surface area contributed by atoms with Gasteiger partial charge < -0.3 is 9.47 Å². The predicted molar refractivity (Wildman–Crippen MR) is 102 cm³/mol. The largest absolute Gasteiger partial charge is 0.497 e. The number of ether oxygens (including phenoxy) is 2. The fourth-order valence-electron chi connectivity index (χ4n) is 2.47. The van der Waals surface area contributed by atoms with Crippen molar-refractivity contribution < 1.29 is 9.47 Å². The first-order chi connectivity index (χ1) is 12.7. The van der Waals surface area contributed by atoms with E-state index in [4.69, 9.17) is 9.47 Å². The molecule has 0 aliphatic rings. The molecular formula is C19H22N4O2S. The van der Waals surface area contributed by atoms with E-state index in [0.29, 0.717) is 6.61 Å². The summed E-state index contributed by atoms with van der Waals surface area (Å²) in [6.45, 7) is 4.82. The van der Waals surface area contributed by atoms with Gasteiger partial charge in [0.1, 0.15) is 11.5 Å². The van der Waals surface area contributed by atoms with E-state index in [-0.39, 0.29) is 0 Å². The summed E-state index contributed by atoms with van der Waals surface area (Å²) in [5.74, 6) is 2.55. The lowest BCUT2D eigenvalue weighted by Gasteiger charge is -2.10. The number of thioether (sulfide) groups is 1. The van der Waals surface area contributed by atoms with Gasteiger partial charge in [-0.05, 0) is 72.2 Å². The zero-order valence-electron chi connectivity index (χ0n) is 15.2. The number of tetrazole rings is 1. The summed E-state index contributed by atoms with van der Waals surface area (Å²) >= 11 is 1.63. The molecule has 2 aromatic carbocycles. The minimum Gasteiger partial charge on any atom is -0.497 e. The summed E-state index contributed by atoms with van der Waals surface area (Å²) in [4.78, 5) is 0. The standard InChI is InChI=1S/C19H22N4O2S/c1-14-6-4-7-18(15(14)2)23-19(20-21-22-23)26-13-5-12-25-17-10-8-16(24-3)9-11-17/h4,6-11H,5,12-13H2,1-3H3.